The molecule has 1 heterocycles. The molecular formula is C15H19ClN2O2. The van der Waals surface area contributed by atoms with Gasteiger partial charge in [0.25, 0.3) is 0 Å². The second-order valence-electron chi connectivity index (χ2n) is 4.56. The summed E-state index contributed by atoms with van der Waals surface area (Å²) < 4.78 is 13.2. The Bertz CT molecular complexity index is 555. The van der Waals surface area contributed by atoms with Crippen LogP contribution in [-0.4, -0.2) is 16.4 Å². The molecule has 0 spiro atoms. The molecule has 0 amide bonds. The van der Waals surface area contributed by atoms with E-state index in [2.05, 4.69) is 12.0 Å². The third kappa shape index (κ3) is 3.90. The summed E-state index contributed by atoms with van der Waals surface area (Å²) in [5.74, 6) is 1.98. The summed E-state index contributed by atoms with van der Waals surface area (Å²) in [6.07, 6.45) is 4.69. The summed E-state index contributed by atoms with van der Waals surface area (Å²) in [5.41, 5.74) is 1.98. The number of ether oxygens (including phenoxy) is 2. The van der Waals surface area contributed by atoms with E-state index in [0.29, 0.717) is 19.1 Å². The highest BCUT2D eigenvalue weighted by Gasteiger charge is 2.06. The predicted octanol–water partition coefficient (Wildman–Crippen LogP) is 3.53. The number of rotatable bonds is 7. The Hall–Kier alpha value is -1.68. The lowest BCUT2D eigenvalue weighted by Crippen LogP contribution is -2.00. The van der Waals surface area contributed by atoms with Gasteiger partial charge in [0, 0.05) is 30.4 Å². The zero-order valence-electron chi connectivity index (χ0n) is 11.8. The lowest BCUT2D eigenvalue weighted by molar-refractivity contribution is 0.293. The van der Waals surface area contributed by atoms with Crippen molar-refractivity contribution in [3.8, 4) is 11.5 Å². The Kier molecular flexibility index (Phi) is 5.30. The van der Waals surface area contributed by atoms with Crippen LogP contribution in [0.3, 0.4) is 0 Å². The van der Waals surface area contributed by atoms with Crippen LogP contribution in [0, 0.1) is 0 Å². The van der Waals surface area contributed by atoms with Crippen LogP contribution in [0.2, 0.25) is 0 Å². The van der Waals surface area contributed by atoms with E-state index in [1.165, 1.54) is 0 Å². The van der Waals surface area contributed by atoms with E-state index < -0.39 is 0 Å². The van der Waals surface area contributed by atoms with Crippen molar-refractivity contribution in [2.45, 2.75) is 25.8 Å². The highest BCUT2D eigenvalue weighted by molar-refractivity contribution is 6.17. The van der Waals surface area contributed by atoms with Gasteiger partial charge in [-0.15, -0.1) is 11.6 Å². The van der Waals surface area contributed by atoms with Crippen molar-refractivity contribution in [1.29, 1.82) is 0 Å². The largest absolute Gasteiger partial charge is 0.493 e. The van der Waals surface area contributed by atoms with E-state index in [9.17, 15) is 0 Å². The topological polar surface area (TPSA) is 36.3 Å². The lowest BCUT2D eigenvalue weighted by atomic mass is 10.2. The van der Waals surface area contributed by atoms with Gasteiger partial charge in [0.1, 0.15) is 18.1 Å². The summed E-state index contributed by atoms with van der Waals surface area (Å²) >= 11 is 5.94. The Balaban J connectivity index is 2.07. The average molecular weight is 295 g/mol. The minimum absolute atomic E-state index is 0.413. The molecule has 0 aliphatic rings. The molecule has 0 N–H and O–H groups in total. The maximum absolute atomic E-state index is 5.94. The quantitative estimate of drug-likeness (QED) is 0.733. The fourth-order valence-corrected chi connectivity index (χ4v) is 2.02. The summed E-state index contributed by atoms with van der Waals surface area (Å²) in [5, 5.41) is 4.12. The number of alkyl halides is 1. The maximum Gasteiger partial charge on any atom is 0.127 e. The van der Waals surface area contributed by atoms with Crippen molar-refractivity contribution in [2.24, 2.45) is 7.05 Å². The van der Waals surface area contributed by atoms with Crippen molar-refractivity contribution in [3.63, 3.8) is 0 Å². The molecule has 0 saturated carbocycles. The summed E-state index contributed by atoms with van der Waals surface area (Å²) in [6, 6.07) is 5.75. The fourth-order valence-electron chi connectivity index (χ4n) is 1.80. The lowest BCUT2D eigenvalue weighted by Gasteiger charge is -2.12. The Labute approximate surface area is 124 Å². The van der Waals surface area contributed by atoms with Crippen LogP contribution in [0.4, 0.5) is 0 Å². The molecule has 0 aliphatic carbocycles. The molecule has 2 aromatic rings. The molecule has 1 aromatic heterocycles. The molecular weight excluding hydrogens is 276 g/mol. The van der Waals surface area contributed by atoms with E-state index in [4.69, 9.17) is 21.1 Å². The van der Waals surface area contributed by atoms with E-state index in [0.717, 1.165) is 29.0 Å². The number of nitrogens with zero attached hydrogens (tertiary/aromatic N) is 2. The van der Waals surface area contributed by atoms with Gasteiger partial charge in [0.2, 0.25) is 0 Å². The second kappa shape index (κ2) is 7.20. The molecule has 0 unspecified atom stereocenters. The minimum Gasteiger partial charge on any atom is -0.493 e. The second-order valence-corrected chi connectivity index (χ2v) is 4.83. The van der Waals surface area contributed by atoms with E-state index in [-0.39, 0.29) is 0 Å². The highest BCUT2D eigenvalue weighted by Crippen LogP contribution is 2.27. The number of hydrogen-bond donors (Lipinski definition) is 0. The predicted molar refractivity (Wildman–Crippen MR) is 79.3 cm³/mol. The first-order valence-electron chi connectivity index (χ1n) is 6.65. The van der Waals surface area contributed by atoms with Crippen LogP contribution < -0.4 is 9.47 Å². The van der Waals surface area contributed by atoms with E-state index >= 15 is 0 Å². The Morgan fingerprint density at radius 3 is 2.80 bits per heavy atom. The third-order valence-electron chi connectivity index (χ3n) is 2.81. The van der Waals surface area contributed by atoms with Gasteiger partial charge in [-0.1, -0.05) is 13.0 Å². The van der Waals surface area contributed by atoms with E-state index in [1.54, 1.807) is 10.9 Å². The smallest absolute Gasteiger partial charge is 0.127 e. The van der Waals surface area contributed by atoms with Gasteiger partial charge < -0.3 is 9.47 Å². The molecule has 2 rings (SSSR count). The Morgan fingerprint density at radius 2 is 2.15 bits per heavy atom. The summed E-state index contributed by atoms with van der Waals surface area (Å²) in [6.45, 7) is 3.24. The highest BCUT2D eigenvalue weighted by atomic mass is 35.5. The number of hydrogen-bond acceptors (Lipinski definition) is 3. The van der Waals surface area contributed by atoms with Gasteiger partial charge in [-0.2, -0.15) is 5.10 Å². The zero-order valence-corrected chi connectivity index (χ0v) is 12.6. The van der Waals surface area contributed by atoms with Crippen LogP contribution in [0.15, 0.2) is 30.6 Å². The number of halogens is 1. The van der Waals surface area contributed by atoms with Crippen LogP contribution >= 0.6 is 11.6 Å². The van der Waals surface area contributed by atoms with E-state index in [1.807, 2.05) is 31.4 Å². The van der Waals surface area contributed by atoms with Gasteiger partial charge in [-0.25, -0.2) is 0 Å². The molecule has 4 nitrogen and oxygen atoms in total. The first kappa shape index (κ1) is 14.7. The fraction of sp³-hybridized carbons (Fsp3) is 0.400. The first-order chi connectivity index (χ1) is 9.72. The normalized spacial score (nSPS) is 10.6. The van der Waals surface area contributed by atoms with Gasteiger partial charge >= 0.3 is 0 Å². The molecule has 5 heteroatoms. The van der Waals surface area contributed by atoms with Crippen molar-refractivity contribution in [1.82, 2.24) is 9.78 Å². The van der Waals surface area contributed by atoms with Crippen molar-refractivity contribution in [3.05, 3.63) is 41.7 Å². The summed E-state index contributed by atoms with van der Waals surface area (Å²) in [4.78, 5) is 0. The van der Waals surface area contributed by atoms with Crippen LogP contribution in [0.5, 0.6) is 11.5 Å². The van der Waals surface area contributed by atoms with Crippen molar-refractivity contribution < 1.29 is 9.47 Å². The number of aryl methyl sites for hydroxylation is 1. The zero-order chi connectivity index (χ0) is 14.4. The van der Waals surface area contributed by atoms with Crippen molar-refractivity contribution >= 4 is 11.6 Å². The van der Waals surface area contributed by atoms with Gasteiger partial charge in [0.05, 0.1) is 18.7 Å². The molecule has 108 valence electrons. The summed E-state index contributed by atoms with van der Waals surface area (Å²) in [7, 11) is 1.88. The minimum atomic E-state index is 0.413. The number of benzene rings is 1. The molecule has 0 radical (unpaired) electrons. The standard InChI is InChI=1S/C15H19ClN2O2/c1-3-6-19-14-5-4-13(8-16)15(7-14)20-11-12-9-17-18(2)10-12/h4-5,7,9-10H,3,6,8,11H2,1-2H3. The molecule has 1 aromatic carbocycles. The maximum atomic E-state index is 5.94. The average Bonchev–Trinajstić information content (AvgIpc) is 2.88. The van der Waals surface area contributed by atoms with Crippen molar-refractivity contribution in [2.75, 3.05) is 6.61 Å². The molecule has 0 aliphatic heterocycles. The molecule has 0 fully saturated rings. The Morgan fingerprint density at radius 1 is 1.30 bits per heavy atom. The van der Waals surface area contributed by atoms with Gasteiger partial charge in [-0.05, 0) is 12.5 Å². The monoisotopic (exact) mass is 294 g/mol. The van der Waals surface area contributed by atoms with Gasteiger partial charge in [-0.3, -0.25) is 4.68 Å². The first-order valence-corrected chi connectivity index (χ1v) is 7.18. The molecule has 0 bridgehead atoms. The molecule has 0 atom stereocenters. The molecule has 20 heavy (non-hydrogen) atoms. The van der Waals surface area contributed by atoms with Crippen LogP contribution in [-0.2, 0) is 19.5 Å². The SMILES string of the molecule is CCCOc1ccc(CCl)c(OCc2cnn(C)c2)c1. The van der Waals surface area contributed by atoms with Crippen LogP contribution in [0.25, 0.3) is 0 Å². The number of aromatic nitrogens is 2. The molecule has 0 saturated heterocycles. The van der Waals surface area contributed by atoms with Crippen LogP contribution in [0.1, 0.15) is 24.5 Å². The third-order valence-corrected chi connectivity index (χ3v) is 3.10. The van der Waals surface area contributed by atoms with Gasteiger partial charge in [0.15, 0.2) is 0 Å².